The number of nitrogens with one attached hydrogen (secondary N) is 1. The van der Waals surface area contributed by atoms with Crippen LogP contribution < -0.4 is 10.1 Å². The first kappa shape index (κ1) is 18.7. The molecule has 0 atom stereocenters. The van der Waals surface area contributed by atoms with E-state index >= 15 is 0 Å². The van der Waals surface area contributed by atoms with Gasteiger partial charge < -0.3 is 19.4 Å². The Hall–Kier alpha value is -2.64. The summed E-state index contributed by atoms with van der Waals surface area (Å²) >= 11 is 11.6. The number of aromatic nitrogens is 2. The number of hydrogen-bond acceptors (Lipinski definition) is 5. The summed E-state index contributed by atoms with van der Waals surface area (Å²) in [5.41, 5.74) is 1.74. The van der Waals surface area contributed by atoms with Crippen molar-refractivity contribution >= 4 is 34.6 Å². The summed E-state index contributed by atoms with van der Waals surface area (Å²) in [6.45, 7) is 0.466. The number of nitrogens with zero attached hydrogens (tertiary/aromatic N) is 3. The van der Waals surface area contributed by atoms with Crippen molar-refractivity contribution < 1.29 is 9.15 Å². The van der Waals surface area contributed by atoms with E-state index in [4.69, 9.17) is 33.0 Å². The predicted molar refractivity (Wildman–Crippen MR) is 113 cm³/mol. The molecule has 1 fully saturated rings. The molecule has 8 heteroatoms. The van der Waals surface area contributed by atoms with E-state index in [0.717, 1.165) is 29.8 Å². The molecule has 144 valence electrons. The molecule has 4 rings (SSSR count). The number of ether oxygens (including phenoxy) is 1. The average molecular weight is 415 g/mol. The van der Waals surface area contributed by atoms with Crippen LogP contribution in [-0.2, 0) is 6.54 Å². The number of anilines is 1. The highest BCUT2D eigenvalue weighted by Crippen LogP contribution is 2.30. The monoisotopic (exact) mass is 414 g/mol. The number of halogens is 1. The molecule has 1 aliphatic carbocycles. The van der Waals surface area contributed by atoms with Crippen molar-refractivity contribution in [2.24, 2.45) is 0 Å². The fourth-order valence-electron chi connectivity index (χ4n) is 2.79. The molecule has 1 heterocycles. The lowest BCUT2D eigenvalue weighted by atomic mass is 10.2. The molecule has 0 aliphatic heterocycles. The van der Waals surface area contributed by atoms with E-state index in [-0.39, 0.29) is 0 Å². The first-order valence-electron chi connectivity index (χ1n) is 8.92. The topological polar surface area (TPSA) is 63.4 Å². The van der Waals surface area contributed by atoms with Crippen molar-refractivity contribution in [3.63, 3.8) is 0 Å². The minimum Gasteiger partial charge on any atom is -0.497 e. The number of hydrogen-bond donors (Lipinski definition) is 1. The first-order chi connectivity index (χ1) is 13.6. The maximum atomic E-state index is 5.93. The molecule has 0 radical (unpaired) electrons. The zero-order valence-electron chi connectivity index (χ0n) is 15.3. The standard InChI is InChI=1S/C20H19ClN4O2S/c1-26-17-10-6-15(7-11-17)22-20(28)25(16-8-9-16)12-18-23-24-19(27-18)13-2-4-14(21)5-3-13/h2-7,10-11,16H,8-9,12H2,1H3,(H,22,28). The van der Waals surface area contributed by atoms with Gasteiger partial charge in [0.1, 0.15) is 5.75 Å². The molecule has 28 heavy (non-hydrogen) atoms. The first-order valence-corrected chi connectivity index (χ1v) is 9.71. The van der Waals surface area contributed by atoms with Gasteiger partial charge in [-0.05, 0) is 73.6 Å². The van der Waals surface area contributed by atoms with Crippen molar-refractivity contribution in [2.75, 3.05) is 12.4 Å². The second kappa shape index (κ2) is 8.16. The van der Waals surface area contributed by atoms with Gasteiger partial charge >= 0.3 is 0 Å². The van der Waals surface area contributed by atoms with E-state index in [9.17, 15) is 0 Å². The number of methoxy groups -OCH3 is 1. The number of benzene rings is 2. The maximum absolute atomic E-state index is 5.93. The lowest BCUT2D eigenvalue weighted by Gasteiger charge is -2.24. The van der Waals surface area contributed by atoms with E-state index in [1.165, 1.54) is 0 Å². The number of thiocarbonyl (C=S) groups is 1. The molecule has 0 amide bonds. The Morgan fingerprint density at radius 1 is 1.18 bits per heavy atom. The molecule has 1 aromatic heterocycles. The summed E-state index contributed by atoms with van der Waals surface area (Å²) < 4.78 is 11.0. The van der Waals surface area contributed by atoms with E-state index in [2.05, 4.69) is 20.4 Å². The van der Waals surface area contributed by atoms with E-state index < -0.39 is 0 Å². The Labute approximate surface area is 173 Å². The molecular formula is C20H19ClN4O2S. The zero-order valence-corrected chi connectivity index (χ0v) is 16.8. The van der Waals surface area contributed by atoms with Crippen molar-refractivity contribution in [2.45, 2.75) is 25.4 Å². The van der Waals surface area contributed by atoms with Gasteiger partial charge in [0.05, 0.1) is 13.7 Å². The van der Waals surface area contributed by atoms with E-state index in [1.54, 1.807) is 19.2 Å². The molecule has 0 bridgehead atoms. The second-order valence-corrected chi connectivity index (χ2v) is 7.35. The third-order valence-electron chi connectivity index (χ3n) is 4.45. The van der Waals surface area contributed by atoms with Gasteiger partial charge in [0.25, 0.3) is 0 Å². The van der Waals surface area contributed by atoms with E-state index in [0.29, 0.717) is 34.5 Å². The normalized spacial score (nSPS) is 13.2. The Kier molecular flexibility index (Phi) is 5.45. The second-order valence-electron chi connectivity index (χ2n) is 6.53. The smallest absolute Gasteiger partial charge is 0.247 e. The highest BCUT2D eigenvalue weighted by Gasteiger charge is 2.32. The third-order valence-corrected chi connectivity index (χ3v) is 5.04. The highest BCUT2D eigenvalue weighted by molar-refractivity contribution is 7.80. The van der Waals surface area contributed by atoms with Crippen molar-refractivity contribution in [1.82, 2.24) is 15.1 Å². The molecule has 0 unspecified atom stereocenters. The fourth-order valence-corrected chi connectivity index (χ4v) is 3.25. The van der Waals surface area contributed by atoms with Crippen LogP contribution in [0.2, 0.25) is 5.02 Å². The highest BCUT2D eigenvalue weighted by atomic mass is 35.5. The molecule has 1 aliphatic rings. The van der Waals surface area contributed by atoms with Gasteiger partial charge in [-0.1, -0.05) is 11.6 Å². The van der Waals surface area contributed by atoms with Crippen LogP contribution in [0.5, 0.6) is 5.75 Å². The summed E-state index contributed by atoms with van der Waals surface area (Å²) in [6.07, 6.45) is 2.20. The van der Waals surface area contributed by atoms with Crippen molar-refractivity contribution in [3.8, 4) is 17.2 Å². The molecule has 2 aromatic carbocycles. The lowest BCUT2D eigenvalue weighted by Crippen LogP contribution is -2.36. The summed E-state index contributed by atoms with van der Waals surface area (Å²) in [5, 5.41) is 12.9. The maximum Gasteiger partial charge on any atom is 0.247 e. The fraction of sp³-hybridized carbons (Fsp3) is 0.250. The Bertz CT molecular complexity index is 955. The molecule has 1 N–H and O–H groups in total. The van der Waals surface area contributed by atoms with Crippen LogP contribution in [0.1, 0.15) is 18.7 Å². The van der Waals surface area contributed by atoms with Crippen LogP contribution in [0.15, 0.2) is 52.9 Å². The summed E-state index contributed by atoms with van der Waals surface area (Å²) in [7, 11) is 1.64. The number of rotatable bonds is 6. The largest absolute Gasteiger partial charge is 0.497 e. The van der Waals surface area contributed by atoms with Gasteiger partial charge in [-0.15, -0.1) is 10.2 Å². The van der Waals surface area contributed by atoms with Gasteiger partial charge in [-0.25, -0.2) is 0 Å². The van der Waals surface area contributed by atoms with Crippen LogP contribution in [0.25, 0.3) is 11.5 Å². The molecular weight excluding hydrogens is 396 g/mol. The summed E-state index contributed by atoms with van der Waals surface area (Å²) in [5.74, 6) is 1.79. The van der Waals surface area contributed by atoms with Gasteiger partial charge in [-0.2, -0.15) is 0 Å². The molecule has 3 aromatic rings. The predicted octanol–water partition coefficient (Wildman–Crippen LogP) is 4.76. The molecule has 0 spiro atoms. The summed E-state index contributed by atoms with van der Waals surface area (Å²) in [4.78, 5) is 2.10. The summed E-state index contributed by atoms with van der Waals surface area (Å²) in [6, 6.07) is 15.3. The average Bonchev–Trinajstić information content (AvgIpc) is 3.45. The van der Waals surface area contributed by atoms with Gasteiger partial charge in [0.15, 0.2) is 5.11 Å². The van der Waals surface area contributed by atoms with E-state index in [1.807, 2.05) is 36.4 Å². The quantitative estimate of drug-likeness (QED) is 0.583. The Morgan fingerprint density at radius 3 is 2.54 bits per heavy atom. The van der Waals surface area contributed by atoms with Crippen LogP contribution in [0.3, 0.4) is 0 Å². The van der Waals surface area contributed by atoms with Crippen molar-refractivity contribution in [3.05, 3.63) is 59.4 Å². The van der Waals surface area contributed by atoms with Crippen LogP contribution in [0.4, 0.5) is 5.69 Å². The molecule has 1 saturated carbocycles. The minimum atomic E-state index is 0.393. The van der Waals surface area contributed by atoms with Crippen LogP contribution in [-0.4, -0.2) is 33.4 Å². The zero-order chi connectivity index (χ0) is 19.5. The van der Waals surface area contributed by atoms with Crippen LogP contribution >= 0.6 is 23.8 Å². The van der Waals surface area contributed by atoms with Crippen molar-refractivity contribution in [1.29, 1.82) is 0 Å². The third kappa shape index (κ3) is 4.43. The molecule has 0 saturated heterocycles. The SMILES string of the molecule is COc1ccc(NC(=S)N(Cc2nnc(-c3ccc(Cl)cc3)o2)C2CC2)cc1. The van der Waals surface area contributed by atoms with Gasteiger partial charge in [-0.3, -0.25) is 0 Å². The Balaban J connectivity index is 1.45. The van der Waals surface area contributed by atoms with Crippen LogP contribution in [0, 0.1) is 0 Å². The molecule has 6 nitrogen and oxygen atoms in total. The van der Waals surface area contributed by atoms with Gasteiger partial charge in [0, 0.05) is 22.3 Å². The van der Waals surface area contributed by atoms with Gasteiger partial charge in [0.2, 0.25) is 11.8 Å². The lowest BCUT2D eigenvalue weighted by molar-refractivity contribution is 0.351. The Morgan fingerprint density at radius 2 is 1.89 bits per heavy atom. The minimum absolute atomic E-state index is 0.393.